The smallest absolute Gasteiger partial charge is 0.387 e. The number of esters is 1. The van der Waals surface area contributed by atoms with Crippen LogP contribution in [0.25, 0.3) is 6.08 Å². The van der Waals surface area contributed by atoms with Crippen LogP contribution in [0.5, 0.6) is 5.75 Å². The number of nitrogens with zero attached hydrogens (tertiary/aromatic N) is 2. The van der Waals surface area contributed by atoms with Gasteiger partial charge in [-0.25, -0.2) is 4.79 Å². The summed E-state index contributed by atoms with van der Waals surface area (Å²) in [5, 5.41) is 9.28. The fourth-order valence-electron chi connectivity index (χ4n) is 2.49. The Hall–Kier alpha value is -3.73. The number of benzene rings is 2. The fourth-order valence-corrected chi connectivity index (χ4v) is 2.49. The van der Waals surface area contributed by atoms with E-state index in [9.17, 15) is 23.6 Å². The second kappa shape index (κ2) is 10.2. The molecule has 8 heteroatoms. The molecule has 0 aliphatic heterocycles. The summed E-state index contributed by atoms with van der Waals surface area (Å²) in [5.74, 6) is -1.58. The number of anilines is 1. The van der Waals surface area contributed by atoms with Crippen LogP contribution in [0.15, 0.2) is 54.1 Å². The van der Waals surface area contributed by atoms with E-state index in [0.717, 1.165) is 5.69 Å². The van der Waals surface area contributed by atoms with E-state index in [-0.39, 0.29) is 16.9 Å². The summed E-state index contributed by atoms with van der Waals surface area (Å²) >= 11 is 0. The van der Waals surface area contributed by atoms with Crippen LogP contribution < -0.4 is 9.64 Å². The third-order valence-electron chi connectivity index (χ3n) is 4.08. The predicted octanol–water partition coefficient (Wildman–Crippen LogP) is 4.08. The molecule has 2 aromatic rings. The van der Waals surface area contributed by atoms with Crippen LogP contribution in [0.4, 0.5) is 14.5 Å². The highest BCUT2D eigenvalue weighted by molar-refractivity contribution is 6.03. The van der Waals surface area contributed by atoms with Crippen LogP contribution in [0.2, 0.25) is 0 Å². The molecule has 0 unspecified atom stereocenters. The molecular formula is C22H20F2N2O4. The molecule has 30 heavy (non-hydrogen) atoms. The van der Waals surface area contributed by atoms with Gasteiger partial charge in [-0.2, -0.15) is 14.0 Å². The summed E-state index contributed by atoms with van der Waals surface area (Å²) < 4.78 is 33.7. The average molecular weight is 414 g/mol. The van der Waals surface area contributed by atoms with Crippen molar-refractivity contribution in [3.63, 3.8) is 0 Å². The monoisotopic (exact) mass is 414 g/mol. The number of nitriles is 1. The zero-order valence-corrected chi connectivity index (χ0v) is 16.6. The normalized spacial score (nSPS) is 12.1. The standard InChI is InChI=1S/C22H20F2N2O4/c1-14(20(27)16-6-10-19(11-7-16)30-22(23)24)29-21(28)17(13-25)12-15-4-8-18(9-5-15)26(2)3/h4-12,14,22H,1-3H3/b17-12+/t14-/m0/s1. The minimum Gasteiger partial charge on any atom is -0.450 e. The topological polar surface area (TPSA) is 79.6 Å². The number of ketones is 1. The molecule has 0 saturated carbocycles. The highest BCUT2D eigenvalue weighted by Gasteiger charge is 2.22. The molecule has 2 rings (SSSR count). The molecule has 0 aliphatic rings. The molecule has 0 saturated heterocycles. The Morgan fingerprint density at radius 3 is 2.17 bits per heavy atom. The van der Waals surface area contributed by atoms with E-state index in [1.807, 2.05) is 31.1 Å². The van der Waals surface area contributed by atoms with E-state index in [2.05, 4.69) is 4.74 Å². The molecule has 0 bridgehead atoms. The molecule has 0 aliphatic carbocycles. The Labute approximate surface area is 172 Å². The Bertz CT molecular complexity index is 962. The minimum atomic E-state index is -2.97. The molecule has 0 radical (unpaired) electrons. The van der Waals surface area contributed by atoms with Crippen LogP contribution in [-0.4, -0.2) is 38.6 Å². The maximum absolute atomic E-state index is 12.4. The molecule has 0 spiro atoms. The second-order valence-corrected chi connectivity index (χ2v) is 6.47. The average Bonchev–Trinajstić information content (AvgIpc) is 2.71. The van der Waals surface area contributed by atoms with E-state index in [0.29, 0.717) is 5.56 Å². The number of carbonyl (C=O) groups excluding carboxylic acids is 2. The van der Waals surface area contributed by atoms with Gasteiger partial charge in [-0.05, 0) is 55.0 Å². The van der Waals surface area contributed by atoms with Gasteiger partial charge in [0, 0.05) is 25.3 Å². The molecule has 0 aromatic heterocycles. The number of halogens is 2. The van der Waals surface area contributed by atoms with Crippen molar-refractivity contribution >= 4 is 23.5 Å². The largest absolute Gasteiger partial charge is 0.450 e. The van der Waals surface area contributed by atoms with Crippen LogP contribution in [0.1, 0.15) is 22.8 Å². The Balaban J connectivity index is 2.06. The first-order valence-corrected chi connectivity index (χ1v) is 8.90. The molecule has 156 valence electrons. The van der Waals surface area contributed by atoms with E-state index >= 15 is 0 Å². The van der Waals surface area contributed by atoms with Crippen LogP contribution in [0, 0.1) is 11.3 Å². The number of Topliss-reactive ketones (excluding diaryl/α,β-unsaturated/α-hetero) is 1. The van der Waals surface area contributed by atoms with Crippen LogP contribution in [-0.2, 0) is 9.53 Å². The van der Waals surface area contributed by atoms with Crippen molar-refractivity contribution in [2.24, 2.45) is 0 Å². The molecule has 2 aromatic carbocycles. The zero-order chi connectivity index (χ0) is 22.3. The van der Waals surface area contributed by atoms with Gasteiger partial charge in [0.2, 0.25) is 5.78 Å². The van der Waals surface area contributed by atoms with E-state index in [1.54, 1.807) is 18.2 Å². The number of hydrogen-bond acceptors (Lipinski definition) is 6. The quantitative estimate of drug-likeness (QED) is 0.280. The second-order valence-electron chi connectivity index (χ2n) is 6.47. The van der Waals surface area contributed by atoms with Gasteiger partial charge in [0.15, 0.2) is 6.10 Å². The lowest BCUT2D eigenvalue weighted by molar-refractivity contribution is -0.141. The molecule has 1 atom stereocenters. The summed E-state index contributed by atoms with van der Waals surface area (Å²) in [6, 6.07) is 13.9. The minimum absolute atomic E-state index is 0.0961. The first-order valence-electron chi connectivity index (χ1n) is 8.90. The Kier molecular flexibility index (Phi) is 7.64. The summed E-state index contributed by atoms with van der Waals surface area (Å²) in [4.78, 5) is 26.6. The molecular weight excluding hydrogens is 394 g/mol. The van der Waals surface area contributed by atoms with Gasteiger partial charge in [-0.3, -0.25) is 4.79 Å². The van der Waals surface area contributed by atoms with Gasteiger partial charge in [-0.15, -0.1) is 0 Å². The van der Waals surface area contributed by atoms with Crippen molar-refractivity contribution in [1.29, 1.82) is 5.26 Å². The van der Waals surface area contributed by atoms with Crippen molar-refractivity contribution in [3.05, 3.63) is 65.2 Å². The van der Waals surface area contributed by atoms with E-state index in [1.165, 1.54) is 37.3 Å². The number of carbonyl (C=O) groups is 2. The van der Waals surface area contributed by atoms with Crippen LogP contribution >= 0.6 is 0 Å². The third-order valence-corrected chi connectivity index (χ3v) is 4.08. The van der Waals surface area contributed by atoms with Crippen LogP contribution in [0.3, 0.4) is 0 Å². The molecule has 0 N–H and O–H groups in total. The molecule has 6 nitrogen and oxygen atoms in total. The van der Waals surface area contributed by atoms with Gasteiger partial charge < -0.3 is 14.4 Å². The van der Waals surface area contributed by atoms with Gasteiger partial charge in [0.1, 0.15) is 17.4 Å². The summed E-state index contributed by atoms with van der Waals surface area (Å²) in [6.45, 7) is -1.60. The lowest BCUT2D eigenvalue weighted by Crippen LogP contribution is -2.25. The Morgan fingerprint density at radius 1 is 1.07 bits per heavy atom. The number of hydrogen-bond donors (Lipinski definition) is 0. The molecule has 0 amide bonds. The third kappa shape index (κ3) is 6.14. The number of ether oxygens (including phenoxy) is 2. The van der Waals surface area contributed by atoms with E-state index in [4.69, 9.17) is 4.74 Å². The molecule has 0 fully saturated rings. The van der Waals surface area contributed by atoms with Crippen molar-refractivity contribution in [2.75, 3.05) is 19.0 Å². The van der Waals surface area contributed by atoms with Gasteiger partial charge >= 0.3 is 12.6 Å². The van der Waals surface area contributed by atoms with Crippen molar-refractivity contribution in [2.45, 2.75) is 19.6 Å². The van der Waals surface area contributed by atoms with Gasteiger partial charge in [-0.1, -0.05) is 12.1 Å². The first-order chi connectivity index (χ1) is 14.2. The van der Waals surface area contributed by atoms with Gasteiger partial charge in [0.05, 0.1) is 0 Å². The lowest BCUT2D eigenvalue weighted by atomic mass is 10.1. The highest BCUT2D eigenvalue weighted by Crippen LogP contribution is 2.18. The van der Waals surface area contributed by atoms with Crippen molar-refractivity contribution in [3.8, 4) is 11.8 Å². The first kappa shape index (κ1) is 22.6. The van der Waals surface area contributed by atoms with E-state index < -0.39 is 24.5 Å². The SMILES string of the molecule is C[C@H](OC(=O)/C(C#N)=C/c1ccc(N(C)C)cc1)C(=O)c1ccc(OC(F)F)cc1. The maximum atomic E-state index is 12.4. The van der Waals surface area contributed by atoms with Crippen molar-refractivity contribution < 1.29 is 27.8 Å². The van der Waals surface area contributed by atoms with Crippen molar-refractivity contribution in [1.82, 2.24) is 0 Å². The molecule has 0 heterocycles. The summed E-state index contributed by atoms with van der Waals surface area (Å²) in [5.41, 5.74) is 1.48. The fraction of sp³-hybridized carbons (Fsp3) is 0.227. The predicted molar refractivity (Wildman–Crippen MR) is 107 cm³/mol. The maximum Gasteiger partial charge on any atom is 0.387 e. The zero-order valence-electron chi connectivity index (χ0n) is 16.6. The number of alkyl halides is 2. The Morgan fingerprint density at radius 2 is 1.67 bits per heavy atom. The van der Waals surface area contributed by atoms with Gasteiger partial charge in [0.25, 0.3) is 0 Å². The number of rotatable bonds is 8. The lowest BCUT2D eigenvalue weighted by Gasteiger charge is -2.13. The summed E-state index contributed by atoms with van der Waals surface area (Å²) in [6.07, 6.45) is 0.197. The summed E-state index contributed by atoms with van der Waals surface area (Å²) in [7, 11) is 3.78. The highest BCUT2D eigenvalue weighted by atomic mass is 19.3.